The van der Waals surface area contributed by atoms with Crippen LogP contribution in [0.3, 0.4) is 0 Å². The third-order valence-corrected chi connectivity index (χ3v) is 3.15. The van der Waals surface area contributed by atoms with Gasteiger partial charge in [-0.25, -0.2) is 0 Å². The van der Waals surface area contributed by atoms with Crippen LogP contribution in [0.1, 0.15) is 12.0 Å². The number of amides is 2. The van der Waals surface area contributed by atoms with E-state index in [4.69, 9.17) is 4.74 Å². The lowest BCUT2D eigenvalue weighted by Crippen LogP contribution is -2.53. The molecule has 2 amide bonds. The molecule has 1 saturated heterocycles. The molecule has 1 atom stereocenters. The highest BCUT2D eigenvalue weighted by atomic mass is 16.5. The standard InChI is InChI=1S/C14H19N3O3/c1-9-3-4-12(20-2)10(7-9)17-13(18)8-11-14(19)16-6-5-15-11/h3-4,7,11,15H,5-6,8H2,1-2H3,(H,16,19)(H,17,18)/t11-/m1/s1. The van der Waals surface area contributed by atoms with Crippen molar-refractivity contribution in [3.05, 3.63) is 23.8 Å². The summed E-state index contributed by atoms with van der Waals surface area (Å²) in [6.07, 6.45) is 0.100. The third kappa shape index (κ3) is 3.48. The Hall–Kier alpha value is -2.08. The molecule has 1 aliphatic heterocycles. The number of hydrogen-bond donors (Lipinski definition) is 3. The second-order valence-electron chi connectivity index (χ2n) is 4.75. The largest absolute Gasteiger partial charge is 0.495 e. The second-order valence-corrected chi connectivity index (χ2v) is 4.75. The first-order valence-corrected chi connectivity index (χ1v) is 6.55. The molecular formula is C14H19N3O3. The first-order valence-electron chi connectivity index (χ1n) is 6.55. The highest BCUT2D eigenvalue weighted by Crippen LogP contribution is 2.25. The molecule has 0 saturated carbocycles. The molecule has 1 aromatic rings. The van der Waals surface area contributed by atoms with E-state index in [0.717, 1.165) is 5.56 Å². The molecule has 0 bridgehead atoms. The van der Waals surface area contributed by atoms with Crippen molar-refractivity contribution < 1.29 is 14.3 Å². The molecule has 1 fully saturated rings. The number of aryl methyl sites for hydroxylation is 1. The number of carbonyl (C=O) groups excluding carboxylic acids is 2. The number of ether oxygens (including phenoxy) is 1. The van der Waals surface area contributed by atoms with Crippen LogP contribution < -0.4 is 20.7 Å². The summed E-state index contributed by atoms with van der Waals surface area (Å²) in [4.78, 5) is 23.6. The molecule has 6 nitrogen and oxygen atoms in total. The van der Waals surface area contributed by atoms with Crippen LogP contribution in [0.25, 0.3) is 0 Å². The van der Waals surface area contributed by atoms with Crippen molar-refractivity contribution in [1.29, 1.82) is 0 Å². The molecule has 0 aliphatic carbocycles. The first kappa shape index (κ1) is 14.3. The number of rotatable bonds is 4. The van der Waals surface area contributed by atoms with Gasteiger partial charge >= 0.3 is 0 Å². The number of carbonyl (C=O) groups is 2. The molecule has 2 rings (SSSR count). The molecule has 1 aliphatic rings. The predicted octanol–water partition coefficient (Wildman–Crippen LogP) is 0.420. The van der Waals surface area contributed by atoms with Gasteiger partial charge in [0.2, 0.25) is 11.8 Å². The van der Waals surface area contributed by atoms with Crippen LogP contribution in [0.2, 0.25) is 0 Å². The summed E-state index contributed by atoms with van der Waals surface area (Å²) in [5.74, 6) is 0.246. The third-order valence-electron chi connectivity index (χ3n) is 3.15. The van der Waals surface area contributed by atoms with Gasteiger partial charge in [0.25, 0.3) is 0 Å². The minimum absolute atomic E-state index is 0.100. The van der Waals surface area contributed by atoms with Crippen molar-refractivity contribution in [2.75, 3.05) is 25.5 Å². The topological polar surface area (TPSA) is 79.5 Å². The predicted molar refractivity (Wildman–Crippen MR) is 75.8 cm³/mol. The van der Waals surface area contributed by atoms with Gasteiger partial charge in [-0.2, -0.15) is 0 Å². The second kappa shape index (κ2) is 6.38. The van der Waals surface area contributed by atoms with Crippen molar-refractivity contribution >= 4 is 17.5 Å². The Morgan fingerprint density at radius 2 is 2.25 bits per heavy atom. The minimum atomic E-state index is -0.473. The lowest BCUT2D eigenvalue weighted by molar-refractivity contribution is -0.127. The van der Waals surface area contributed by atoms with E-state index in [9.17, 15) is 9.59 Å². The first-order chi connectivity index (χ1) is 9.60. The van der Waals surface area contributed by atoms with Crippen molar-refractivity contribution in [3.8, 4) is 5.75 Å². The van der Waals surface area contributed by atoms with E-state index in [1.807, 2.05) is 19.1 Å². The summed E-state index contributed by atoms with van der Waals surface area (Å²) in [5.41, 5.74) is 1.64. The summed E-state index contributed by atoms with van der Waals surface area (Å²) in [5, 5.41) is 8.53. The molecule has 0 unspecified atom stereocenters. The van der Waals surface area contributed by atoms with E-state index in [-0.39, 0.29) is 18.2 Å². The molecule has 0 radical (unpaired) electrons. The maximum absolute atomic E-state index is 12.0. The minimum Gasteiger partial charge on any atom is -0.495 e. The van der Waals surface area contributed by atoms with Crippen LogP contribution in [-0.4, -0.2) is 38.1 Å². The van der Waals surface area contributed by atoms with Crippen LogP contribution in [0.15, 0.2) is 18.2 Å². The smallest absolute Gasteiger partial charge is 0.237 e. The Morgan fingerprint density at radius 3 is 2.95 bits per heavy atom. The fourth-order valence-corrected chi connectivity index (χ4v) is 2.12. The normalized spacial score (nSPS) is 18.3. The number of methoxy groups -OCH3 is 1. The molecule has 20 heavy (non-hydrogen) atoms. The number of benzene rings is 1. The Kier molecular flexibility index (Phi) is 4.57. The highest BCUT2D eigenvalue weighted by Gasteiger charge is 2.24. The van der Waals surface area contributed by atoms with Crippen LogP contribution in [0.4, 0.5) is 5.69 Å². The zero-order chi connectivity index (χ0) is 14.5. The van der Waals surface area contributed by atoms with Gasteiger partial charge in [-0.15, -0.1) is 0 Å². The van der Waals surface area contributed by atoms with E-state index < -0.39 is 6.04 Å². The molecule has 6 heteroatoms. The zero-order valence-corrected chi connectivity index (χ0v) is 11.7. The van der Waals surface area contributed by atoms with Crippen LogP contribution >= 0.6 is 0 Å². The van der Waals surface area contributed by atoms with E-state index in [2.05, 4.69) is 16.0 Å². The Balaban J connectivity index is 2.00. The fraction of sp³-hybridized carbons (Fsp3) is 0.429. The number of piperazine rings is 1. The van der Waals surface area contributed by atoms with Gasteiger partial charge in [0.05, 0.1) is 25.3 Å². The summed E-state index contributed by atoms with van der Waals surface area (Å²) in [6.45, 7) is 3.21. The summed E-state index contributed by atoms with van der Waals surface area (Å²) in [6, 6.07) is 5.08. The molecule has 1 aromatic carbocycles. The molecular weight excluding hydrogens is 258 g/mol. The summed E-state index contributed by atoms with van der Waals surface area (Å²) >= 11 is 0. The Labute approximate surface area is 117 Å². The van der Waals surface area contributed by atoms with E-state index >= 15 is 0 Å². The van der Waals surface area contributed by atoms with Crippen molar-refractivity contribution in [3.63, 3.8) is 0 Å². The quantitative estimate of drug-likeness (QED) is 0.745. The summed E-state index contributed by atoms with van der Waals surface area (Å²) < 4.78 is 5.20. The van der Waals surface area contributed by atoms with Crippen molar-refractivity contribution in [2.24, 2.45) is 0 Å². The van der Waals surface area contributed by atoms with Crippen molar-refractivity contribution in [2.45, 2.75) is 19.4 Å². The maximum Gasteiger partial charge on any atom is 0.237 e. The monoisotopic (exact) mass is 277 g/mol. The SMILES string of the molecule is COc1ccc(C)cc1NC(=O)C[C@H]1NCCNC1=O. The van der Waals surface area contributed by atoms with Gasteiger partial charge in [-0.3, -0.25) is 9.59 Å². The van der Waals surface area contributed by atoms with Crippen LogP contribution in [0, 0.1) is 6.92 Å². The highest BCUT2D eigenvalue weighted by molar-refractivity contribution is 5.96. The van der Waals surface area contributed by atoms with Gasteiger partial charge in [0.1, 0.15) is 5.75 Å². The van der Waals surface area contributed by atoms with E-state index in [1.54, 1.807) is 13.2 Å². The Morgan fingerprint density at radius 1 is 1.45 bits per heavy atom. The van der Waals surface area contributed by atoms with Gasteiger partial charge in [0.15, 0.2) is 0 Å². The average Bonchev–Trinajstić information content (AvgIpc) is 2.41. The average molecular weight is 277 g/mol. The molecule has 1 heterocycles. The lowest BCUT2D eigenvalue weighted by atomic mass is 10.1. The number of anilines is 1. The maximum atomic E-state index is 12.0. The molecule has 0 aromatic heterocycles. The molecule has 108 valence electrons. The van der Waals surface area contributed by atoms with Gasteiger partial charge < -0.3 is 20.7 Å². The lowest BCUT2D eigenvalue weighted by Gasteiger charge is -2.23. The van der Waals surface area contributed by atoms with E-state index in [0.29, 0.717) is 24.5 Å². The fourth-order valence-electron chi connectivity index (χ4n) is 2.12. The number of nitrogens with one attached hydrogen (secondary N) is 3. The Bertz CT molecular complexity index is 516. The molecule has 0 spiro atoms. The van der Waals surface area contributed by atoms with E-state index in [1.165, 1.54) is 0 Å². The van der Waals surface area contributed by atoms with Gasteiger partial charge in [-0.05, 0) is 24.6 Å². The van der Waals surface area contributed by atoms with Crippen molar-refractivity contribution in [1.82, 2.24) is 10.6 Å². The van der Waals surface area contributed by atoms with Crippen LogP contribution in [0.5, 0.6) is 5.75 Å². The molecule has 3 N–H and O–H groups in total. The van der Waals surface area contributed by atoms with Crippen LogP contribution in [-0.2, 0) is 9.59 Å². The van der Waals surface area contributed by atoms with Gasteiger partial charge in [-0.1, -0.05) is 6.07 Å². The summed E-state index contributed by atoms with van der Waals surface area (Å²) in [7, 11) is 1.55. The van der Waals surface area contributed by atoms with Gasteiger partial charge in [0, 0.05) is 13.1 Å². The zero-order valence-electron chi connectivity index (χ0n) is 11.7. The number of hydrogen-bond acceptors (Lipinski definition) is 4.